The number of benzene rings is 1. The van der Waals surface area contributed by atoms with Crippen LogP contribution in [0.2, 0.25) is 0 Å². The summed E-state index contributed by atoms with van der Waals surface area (Å²) in [6.45, 7) is 0. The number of para-hydroxylation sites is 2. The topological polar surface area (TPSA) is 68.0 Å². The largest absolute Gasteiger partial charge is 0.436 e. The van der Waals surface area contributed by atoms with Gasteiger partial charge in [0.25, 0.3) is 5.91 Å². The summed E-state index contributed by atoms with van der Waals surface area (Å²) in [4.78, 5) is 21.3. The molecule has 0 radical (unpaired) electrons. The number of hydrogen-bond acceptors (Lipinski definition) is 5. The lowest BCUT2D eigenvalue weighted by atomic mass is 10.2. The number of carbonyl (C=O) groups excluding carboxylic acids is 1. The first kappa shape index (κ1) is 13.7. The molecule has 5 nitrogen and oxygen atoms in total. The molecule has 1 aromatic carbocycles. The number of nitrogens with zero attached hydrogens (tertiary/aromatic N) is 2. The van der Waals surface area contributed by atoms with Crippen LogP contribution >= 0.6 is 11.3 Å². The number of anilines is 1. The van der Waals surface area contributed by atoms with E-state index in [1.54, 1.807) is 24.5 Å². The molecule has 0 fully saturated rings. The number of amides is 1. The molecule has 4 aromatic rings. The summed E-state index contributed by atoms with van der Waals surface area (Å²) < 4.78 is 5.72. The molecule has 4 rings (SSSR count). The molecule has 0 spiro atoms. The van der Waals surface area contributed by atoms with Gasteiger partial charge in [0, 0.05) is 6.20 Å². The van der Waals surface area contributed by atoms with Crippen LogP contribution in [0.4, 0.5) is 5.69 Å². The van der Waals surface area contributed by atoms with Crippen molar-refractivity contribution < 1.29 is 9.21 Å². The maximum atomic E-state index is 12.1. The van der Waals surface area contributed by atoms with Crippen LogP contribution in [0.5, 0.6) is 0 Å². The Morgan fingerprint density at radius 1 is 1.13 bits per heavy atom. The molecule has 0 aliphatic rings. The van der Waals surface area contributed by atoms with Crippen molar-refractivity contribution in [2.24, 2.45) is 0 Å². The smallest absolute Gasteiger partial charge is 0.265 e. The van der Waals surface area contributed by atoms with E-state index >= 15 is 0 Å². The van der Waals surface area contributed by atoms with Crippen LogP contribution in [-0.2, 0) is 0 Å². The fourth-order valence-corrected chi connectivity index (χ4v) is 2.84. The highest BCUT2D eigenvalue weighted by molar-refractivity contribution is 7.12. The maximum absolute atomic E-state index is 12.1. The predicted molar refractivity (Wildman–Crippen MR) is 89.5 cm³/mol. The highest BCUT2D eigenvalue weighted by Gasteiger charge is 2.11. The zero-order valence-corrected chi connectivity index (χ0v) is 12.7. The Morgan fingerprint density at radius 2 is 2.04 bits per heavy atom. The quantitative estimate of drug-likeness (QED) is 0.614. The lowest BCUT2D eigenvalue weighted by Crippen LogP contribution is -2.10. The molecule has 0 saturated carbocycles. The van der Waals surface area contributed by atoms with Gasteiger partial charge in [0.1, 0.15) is 5.52 Å². The van der Waals surface area contributed by atoms with Crippen molar-refractivity contribution in [3.05, 3.63) is 65.1 Å². The summed E-state index contributed by atoms with van der Waals surface area (Å²) in [5, 5.41) is 4.69. The zero-order valence-electron chi connectivity index (χ0n) is 11.9. The lowest BCUT2D eigenvalue weighted by molar-refractivity contribution is 0.103. The van der Waals surface area contributed by atoms with E-state index in [2.05, 4.69) is 15.3 Å². The summed E-state index contributed by atoms with van der Waals surface area (Å²) in [5.74, 6) is 0.322. The van der Waals surface area contributed by atoms with Gasteiger partial charge in [-0.05, 0) is 29.6 Å². The number of oxazole rings is 1. The molecule has 23 heavy (non-hydrogen) atoms. The predicted octanol–water partition coefficient (Wildman–Crippen LogP) is 4.20. The van der Waals surface area contributed by atoms with E-state index in [0.717, 1.165) is 11.1 Å². The molecule has 1 amide bonds. The number of nitrogens with one attached hydrogen (secondary N) is 1. The van der Waals surface area contributed by atoms with E-state index < -0.39 is 0 Å². The van der Waals surface area contributed by atoms with Crippen molar-refractivity contribution in [3.63, 3.8) is 0 Å². The molecule has 112 valence electrons. The Kier molecular flexibility index (Phi) is 3.36. The van der Waals surface area contributed by atoms with Crippen molar-refractivity contribution in [3.8, 4) is 11.5 Å². The number of aromatic nitrogens is 2. The van der Waals surface area contributed by atoms with Gasteiger partial charge in [-0.2, -0.15) is 0 Å². The normalized spacial score (nSPS) is 10.8. The van der Waals surface area contributed by atoms with Gasteiger partial charge in [0.2, 0.25) is 5.89 Å². The van der Waals surface area contributed by atoms with E-state index in [1.807, 2.05) is 35.7 Å². The molecule has 0 saturated heterocycles. The molecule has 0 unspecified atom stereocenters. The Labute approximate surface area is 135 Å². The molecule has 0 bridgehead atoms. The first-order valence-electron chi connectivity index (χ1n) is 6.95. The second-order valence-electron chi connectivity index (χ2n) is 4.88. The van der Waals surface area contributed by atoms with Gasteiger partial charge < -0.3 is 9.73 Å². The first-order chi connectivity index (χ1) is 11.3. The van der Waals surface area contributed by atoms with Gasteiger partial charge in [-0.1, -0.05) is 18.2 Å². The average Bonchev–Trinajstić information content (AvgIpc) is 3.24. The fourth-order valence-electron chi connectivity index (χ4n) is 2.22. The molecule has 0 aliphatic carbocycles. The van der Waals surface area contributed by atoms with Crippen LogP contribution in [0.3, 0.4) is 0 Å². The molecule has 1 N–H and O–H groups in total. The summed E-state index contributed by atoms with van der Waals surface area (Å²) in [7, 11) is 0. The number of fused-ring (bicyclic) bond motifs is 1. The summed E-state index contributed by atoms with van der Waals surface area (Å²) in [6, 6.07) is 13.0. The van der Waals surface area contributed by atoms with E-state index in [-0.39, 0.29) is 5.91 Å². The highest BCUT2D eigenvalue weighted by Crippen LogP contribution is 2.25. The third-order valence-corrected chi connectivity index (χ3v) is 4.15. The van der Waals surface area contributed by atoms with Crippen LogP contribution in [0.15, 0.2) is 64.7 Å². The van der Waals surface area contributed by atoms with E-state index in [9.17, 15) is 4.79 Å². The Morgan fingerprint density at radius 3 is 2.87 bits per heavy atom. The third kappa shape index (κ3) is 2.72. The van der Waals surface area contributed by atoms with Gasteiger partial charge in [0.15, 0.2) is 5.58 Å². The SMILES string of the molecule is O=C(Nc1cncc(-c2nc3ccccc3o2)c1)c1cccs1. The Bertz CT molecular complexity index is 943. The van der Waals surface area contributed by atoms with Gasteiger partial charge in [0.05, 0.1) is 22.3 Å². The van der Waals surface area contributed by atoms with E-state index in [1.165, 1.54) is 11.3 Å². The number of pyridine rings is 1. The molecule has 0 aliphatic heterocycles. The molecular formula is C17H11N3O2S. The van der Waals surface area contributed by atoms with Gasteiger partial charge in [-0.15, -0.1) is 11.3 Å². The second-order valence-corrected chi connectivity index (χ2v) is 5.83. The number of hydrogen-bond donors (Lipinski definition) is 1. The average molecular weight is 321 g/mol. The minimum Gasteiger partial charge on any atom is -0.436 e. The van der Waals surface area contributed by atoms with E-state index in [0.29, 0.717) is 22.0 Å². The van der Waals surface area contributed by atoms with Gasteiger partial charge in [-0.3, -0.25) is 9.78 Å². The second kappa shape index (κ2) is 5.66. The molecule has 0 atom stereocenters. The Hall–Kier alpha value is -2.99. The molecule has 6 heteroatoms. The van der Waals surface area contributed by atoms with Crippen molar-refractivity contribution in [1.29, 1.82) is 0 Å². The standard InChI is InChI=1S/C17H11N3O2S/c21-16(15-6-3-7-23-15)19-12-8-11(9-18-10-12)17-20-13-4-1-2-5-14(13)22-17/h1-10H,(H,19,21). The highest BCUT2D eigenvalue weighted by atomic mass is 32.1. The van der Waals surface area contributed by atoms with Gasteiger partial charge >= 0.3 is 0 Å². The summed E-state index contributed by atoms with van der Waals surface area (Å²) >= 11 is 1.39. The van der Waals surface area contributed by atoms with Crippen molar-refractivity contribution in [1.82, 2.24) is 9.97 Å². The lowest BCUT2D eigenvalue weighted by Gasteiger charge is -2.04. The third-order valence-electron chi connectivity index (χ3n) is 3.28. The monoisotopic (exact) mass is 321 g/mol. The van der Waals surface area contributed by atoms with Gasteiger partial charge in [-0.25, -0.2) is 4.98 Å². The zero-order chi connectivity index (χ0) is 15.6. The van der Waals surface area contributed by atoms with Crippen molar-refractivity contribution >= 4 is 34.0 Å². The van der Waals surface area contributed by atoms with Crippen molar-refractivity contribution in [2.75, 3.05) is 5.32 Å². The minimum atomic E-state index is -0.156. The summed E-state index contributed by atoms with van der Waals surface area (Å²) in [6.07, 6.45) is 3.25. The van der Waals surface area contributed by atoms with Crippen molar-refractivity contribution in [2.45, 2.75) is 0 Å². The molecular weight excluding hydrogens is 310 g/mol. The van der Waals surface area contributed by atoms with Crippen LogP contribution < -0.4 is 5.32 Å². The fraction of sp³-hybridized carbons (Fsp3) is 0. The number of rotatable bonds is 3. The first-order valence-corrected chi connectivity index (χ1v) is 7.83. The van der Waals surface area contributed by atoms with Crippen LogP contribution in [-0.4, -0.2) is 15.9 Å². The van der Waals surface area contributed by atoms with Crippen LogP contribution in [0.1, 0.15) is 9.67 Å². The van der Waals surface area contributed by atoms with Crippen LogP contribution in [0, 0.1) is 0 Å². The Balaban J connectivity index is 1.64. The number of thiophene rings is 1. The molecule has 3 heterocycles. The maximum Gasteiger partial charge on any atom is 0.265 e. The minimum absolute atomic E-state index is 0.156. The molecule has 3 aromatic heterocycles. The van der Waals surface area contributed by atoms with E-state index in [4.69, 9.17) is 4.42 Å². The van der Waals surface area contributed by atoms with Crippen LogP contribution in [0.25, 0.3) is 22.6 Å². The summed E-state index contributed by atoms with van der Waals surface area (Å²) in [5.41, 5.74) is 2.82. The number of carbonyl (C=O) groups is 1.